The fourth-order valence-corrected chi connectivity index (χ4v) is 3.12. The van der Waals surface area contributed by atoms with E-state index in [0.717, 1.165) is 6.42 Å². The second-order valence-corrected chi connectivity index (χ2v) is 6.84. The minimum Gasteiger partial charge on any atom is -0.397 e. The van der Waals surface area contributed by atoms with Gasteiger partial charge in [-0.2, -0.15) is 13.2 Å². The van der Waals surface area contributed by atoms with Crippen molar-refractivity contribution in [3.05, 3.63) is 65.7 Å². The molecule has 1 aromatic carbocycles. The highest BCUT2D eigenvalue weighted by Gasteiger charge is 2.46. The van der Waals surface area contributed by atoms with Crippen molar-refractivity contribution in [2.45, 2.75) is 30.9 Å². The highest BCUT2D eigenvalue weighted by atomic mass is 19.4. The molecule has 3 rings (SSSR count). The number of benzene rings is 1. The Kier molecular flexibility index (Phi) is 5.41. The van der Waals surface area contributed by atoms with Crippen LogP contribution in [-0.2, 0) is 10.2 Å². The van der Waals surface area contributed by atoms with Crippen LogP contribution in [0.5, 0.6) is 0 Å². The van der Waals surface area contributed by atoms with Gasteiger partial charge in [0.1, 0.15) is 11.5 Å². The summed E-state index contributed by atoms with van der Waals surface area (Å²) in [5.41, 5.74) is 4.10. The van der Waals surface area contributed by atoms with Crippen LogP contribution < -0.4 is 11.1 Å². The van der Waals surface area contributed by atoms with Crippen LogP contribution in [-0.4, -0.2) is 22.8 Å². The quantitative estimate of drug-likeness (QED) is 0.514. The third-order valence-corrected chi connectivity index (χ3v) is 4.96. The molecular formula is C20H18F4N4O. The molecule has 2 aromatic rings. The van der Waals surface area contributed by atoms with Gasteiger partial charge in [0.15, 0.2) is 0 Å². The van der Waals surface area contributed by atoms with E-state index in [1.54, 1.807) is 6.07 Å². The lowest BCUT2D eigenvalue weighted by Gasteiger charge is -2.40. The van der Waals surface area contributed by atoms with Crippen LogP contribution in [0.4, 0.5) is 23.2 Å². The molecule has 1 aliphatic carbocycles. The van der Waals surface area contributed by atoms with E-state index < -0.39 is 23.1 Å². The molecule has 1 fully saturated rings. The number of carbonyl (C=O) groups excluding carboxylic acids is 1. The molecule has 1 amide bonds. The standard InChI is InChI=1S/C20H18F4N4O/c21-13-3-5-14(6-4-13)28-18(29)19(8-1-9-19)12-2-7-16(27-11-12)15(25)10-17(26)20(22,23)24/h2-7,10-11,26H,1,8-9,25H2,(H,28,29)/b15-10-,26-17?. The van der Waals surface area contributed by atoms with Crippen LogP contribution in [0.1, 0.15) is 30.5 Å². The Hall–Kier alpha value is -3.23. The Balaban J connectivity index is 1.79. The van der Waals surface area contributed by atoms with Gasteiger partial charge in [-0.1, -0.05) is 12.5 Å². The number of nitrogens with two attached hydrogens (primary N) is 1. The maximum Gasteiger partial charge on any atom is 0.432 e. The first-order chi connectivity index (χ1) is 13.6. The SMILES string of the molecule is N=C(/C=C(\N)c1ccc(C2(C(=O)Nc3ccc(F)cc3)CCC2)cn1)C(F)(F)F. The molecule has 0 unspecified atom stereocenters. The number of alkyl halides is 3. The summed E-state index contributed by atoms with van der Waals surface area (Å²) in [5.74, 6) is -0.669. The molecule has 0 aliphatic heterocycles. The molecule has 1 heterocycles. The summed E-state index contributed by atoms with van der Waals surface area (Å²) in [4.78, 5) is 16.9. The topological polar surface area (TPSA) is 91.9 Å². The predicted octanol–water partition coefficient (Wildman–Crippen LogP) is 4.16. The molecule has 1 aromatic heterocycles. The number of nitrogens with one attached hydrogen (secondary N) is 2. The van der Waals surface area contributed by atoms with Gasteiger partial charge in [0.2, 0.25) is 5.91 Å². The smallest absolute Gasteiger partial charge is 0.397 e. The lowest BCUT2D eigenvalue weighted by Crippen LogP contribution is -2.46. The fraction of sp³-hybridized carbons (Fsp3) is 0.250. The molecule has 1 saturated carbocycles. The van der Waals surface area contributed by atoms with Gasteiger partial charge >= 0.3 is 6.18 Å². The second-order valence-electron chi connectivity index (χ2n) is 6.84. The fourth-order valence-electron chi connectivity index (χ4n) is 3.12. The molecule has 0 spiro atoms. The molecule has 5 nitrogen and oxygen atoms in total. The number of amides is 1. The van der Waals surface area contributed by atoms with E-state index in [1.807, 2.05) is 0 Å². The maximum absolute atomic E-state index is 13.0. The number of hydrogen-bond acceptors (Lipinski definition) is 4. The van der Waals surface area contributed by atoms with Crippen molar-refractivity contribution in [3.8, 4) is 0 Å². The number of carbonyl (C=O) groups is 1. The minimum atomic E-state index is -4.79. The van der Waals surface area contributed by atoms with Gasteiger partial charge in [-0.25, -0.2) is 4.39 Å². The van der Waals surface area contributed by atoms with Crippen molar-refractivity contribution in [2.75, 3.05) is 5.32 Å². The molecule has 152 valence electrons. The highest BCUT2D eigenvalue weighted by Crippen LogP contribution is 2.44. The Morgan fingerprint density at radius 1 is 1.17 bits per heavy atom. The monoisotopic (exact) mass is 406 g/mol. The van der Waals surface area contributed by atoms with E-state index >= 15 is 0 Å². The molecule has 1 aliphatic rings. The summed E-state index contributed by atoms with van der Waals surface area (Å²) in [6.45, 7) is 0. The lowest BCUT2D eigenvalue weighted by molar-refractivity contribution is -0.124. The number of allylic oxidation sites excluding steroid dienone is 1. The molecular weight excluding hydrogens is 388 g/mol. The van der Waals surface area contributed by atoms with E-state index in [1.165, 1.54) is 36.5 Å². The zero-order valence-corrected chi connectivity index (χ0v) is 15.2. The second kappa shape index (κ2) is 7.65. The predicted molar refractivity (Wildman–Crippen MR) is 101 cm³/mol. The molecule has 0 atom stereocenters. The molecule has 4 N–H and O–H groups in total. The Bertz CT molecular complexity index is 946. The van der Waals surface area contributed by atoms with E-state index in [9.17, 15) is 22.4 Å². The van der Waals surface area contributed by atoms with E-state index in [0.29, 0.717) is 30.2 Å². The minimum absolute atomic E-state index is 0.0798. The number of aromatic nitrogens is 1. The average molecular weight is 406 g/mol. The number of pyridine rings is 1. The molecule has 0 saturated heterocycles. The third-order valence-electron chi connectivity index (χ3n) is 4.96. The Morgan fingerprint density at radius 2 is 1.83 bits per heavy atom. The van der Waals surface area contributed by atoms with Crippen molar-refractivity contribution in [2.24, 2.45) is 5.73 Å². The zero-order valence-electron chi connectivity index (χ0n) is 15.2. The van der Waals surface area contributed by atoms with Gasteiger partial charge in [0.25, 0.3) is 0 Å². The summed E-state index contributed by atoms with van der Waals surface area (Å²) in [7, 11) is 0. The number of rotatable bonds is 5. The maximum atomic E-state index is 13.0. The van der Waals surface area contributed by atoms with Crippen LogP contribution in [0.25, 0.3) is 5.70 Å². The average Bonchev–Trinajstić information content (AvgIpc) is 2.62. The largest absolute Gasteiger partial charge is 0.432 e. The van der Waals surface area contributed by atoms with Crippen molar-refractivity contribution in [1.29, 1.82) is 5.41 Å². The van der Waals surface area contributed by atoms with Crippen LogP contribution in [0.2, 0.25) is 0 Å². The molecule has 0 radical (unpaired) electrons. The molecule has 29 heavy (non-hydrogen) atoms. The van der Waals surface area contributed by atoms with Crippen molar-refractivity contribution >= 4 is 23.0 Å². The van der Waals surface area contributed by atoms with Gasteiger partial charge in [-0.3, -0.25) is 15.2 Å². The molecule has 9 heteroatoms. The van der Waals surface area contributed by atoms with Crippen LogP contribution in [0.15, 0.2) is 48.7 Å². The first kappa shape index (κ1) is 20.5. The lowest BCUT2D eigenvalue weighted by atomic mass is 9.64. The highest BCUT2D eigenvalue weighted by molar-refractivity contribution is 6.02. The van der Waals surface area contributed by atoms with E-state index in [4.69, 9.17) is 11.1 Å². The van der Waals surface area contributed by atoms with Gasteiger partial charge in [-0.15, -0.1) is 0 Å². The van der Waals surface area contributed by atoms with Crippen molar-refractivity contribution in [3.63, 3.8) is 0 Å². The van der Waals surface area contributed by atoms with Gasteiger partial charge in [0, 0.05) is 11.9 Å². The van der Waals surface area contributed by atoms with Gasteiger partial charge in [-0.05, 0) is 54.8 Å². The Labute approximate surface area is 164 Å². The summed E-state index contributed by atoms with van der Waals surface area (Å²) < 4.78 is 50.5. The summed E-state index contributed by atoms with van der Waals surface area (Å²) >= 11 is 0. The number of nitrogens with zero attached hydrogens (tertiary/aromatic N) is 1. The van der Waals surface area contributed by atoms with E-state index in [-0.39, 0.29) is 17.3 Å². The molecule has 0 bridgehead atoms. The van der Waals surface area contributed by atoms with Crippen molar-refractivity contribution in [1.82, 2.24) is 4.98 Å². The number of halogens is 4. The summed E-state index contributed by atoms with van der Waals surface area (Å²) in [5, 5.41) is 9.76. The zero-order chi connectivity index (χ0) is 21.2. The normalized spacial score (nSPS) is 16.1. The number of anilines is 1. The van der Waals surface area contributed by atoms with Crippen molar-refractivity contribution < 1.29 is 22.4 Å². The first-order valence-corrected chi connectivity index (χ1v) is 8.79. The first-order valence-electron chi connectivity index (χ1n) is 8.79. The van der Waals surface area contributed by atoms with Crippen LogP contribution >= 0.6 is 0 Å². The van der Waals surface area contributed by atoms with E-state index in [2.05, 4.69) is 10.3 Å². The third kappa shape index (κ3) is 4.28. The summed E-state index contributed by atoms with van der Waals surface area (Å²) in [6.07, 6.45) is -0.864. The van der Waals surface area contributed by atoms with Gasteiger partial charge in [0.05, 0.1) is 16.8 Å². The van der Waals surface area contributed by atoms with Gasteiger partial charge < -0.3 is 11.1 Å². The van der Waals surface area contributed by atoms with Crippen LogP contribution in [0, 0.1) is 11.2 Å². The number of hydrogen-bond donors (Lipinski definition) is 3. The Morgan fingerprint density at radius 3 is 2.31 bits per heavy atom. The summed E-state index contributed by atoms with van der Waals surface area (Å²) in [6, 6.07) is 8.43. The van der Waals surface area contributed by atoms with Crippen LogP contribution in [0.3, 0.4) is 0 Å².